The van der Waals surface area contributed by atoms with Crippen LogP contribution in [0.4, 0.5) is 10.1 Å². The number of anilines is 1. The maximum absolute atomic E-state index is 12.7. The number of hydrogen-bond acceptors (Lipinski definition) is 2. The smallest absolute Gasteiger partial charge is 0.214 e. The topological polar surface area (TPSA) is 24.9 Å². The molecule has 1 heterocycles. The molecule has 3 heteroatoms. The van der Waals surface area contributed by atoms with Gasteiger partial charge in [-0.3, -0.25) is 0 Å². The van der Waals surface area contributed by atoms with Gasteiger partial charge >= 0.3 is 0 Å². The SMILES string of the molecule is CCC1CC1CNc1ccnc(F)c1. The maximum atomic E-state index is 12.7. The van der Waals surface area contributed by atoms with Crippen LogP contribution in [0.15, 0.2) is 18.3 Å². The van der Waals surface area contributed by atoms with Gasteiger partial charge in [-0.1, -0.05) is 13.3 Å². The summed E-state index contributed by atoms with van der Waals surface area (Å²) in [6.45, 7) is 3.18. The first-order valence-electron chi connectivity index (χ1n) is 5.15. The summed E-state index contributed by atoms with van der Waals surface area (Å²) in [5.41, 5.74) is 0.833. The van der Waals surface area contributed by atoms with Gasteiger partial charge in [-0.05, 0) is 24.3 Å². The van der Waals surface area contributed by atoms with Crippen molar-refractivity contribution in [3.63, 3.8) is 0 Å². The summed E-state index contributed by atoms with van der Waals surface area (Å²) >= 11 is 0. The zero-order valence-corrected chi connectivity index (χ0v) is 8.33. The van der Waals surface area contributed by atoms with E-state index >= 15 is 0 Å². The number of halogens is 1. The predicted molar refractivity (Wildman–Crippen MR) is 54.6 cm³/mol. The van der Waals surface area contributed by atoms with Gasteiger partial charge in [0.25, 0.3) is 0 Å². The quantitative estimate of drug-likeness (QED) is 0.745. The summed E-state index contributed by atoms with van der Waals surface area (Å²) in [6, 6.07) is 3.23. The zero-order chi connectivity index (χ0) is 9.97. The first-order chi connectivity index (χ1) is 6.79. The average molecular weight is 194 g/mol. The number of hydrogen-bond donors (Lipinski definition) is 1. The Morgan fingerprint density at radius 3 is 3.07 bits per heavy atom. The van der Waals surface area contributed by atoms with Crippen molar-refractivity contribution in [2.75, 3.05) is 11.9 Å². The molecule has 0 saturated heterocycles. The summed E-state index contributed by atoms with van der Waals surface area (Å²) in [5, 5.41) is 3.23. The molecule has 0 spiro atoms. The molecule has 0 radical (unpaired) electrons. The Balaban J connectivity index is 1.81. The van der Waals surface area contributed by atoms with E-state index in [1.54, 1.807) is 6.07 Å². The summed E-state index contributed by atoms with van der Waals surface area (Å²) in [4.78, 5) is 3.51. The Hall–Kier alpha value is -1.12. The van der Waals surface area contributed by atoms with Crippen LogP contribution in [0.3, 0.4) is 0 Å². The van der Waals surface area contributed by atoms with Crippen LogP contribution in [0.1, 0.15) is 19.8 Å². The van der Waals surface area contributed by atoms with Gasteiger partial charge in [0.15, 0.2) is 0 Å². The lowest BCUT2D eigenvalue weighted by Crippen LogP contribution is -2.05. The lowest BCUT2D eigenvalue weighted by atomic mass is 10.2. The normalized spacial score (nSPS) is 24.7. The molecule has 0 aromatic carbocycles. The minimum absolute atomic E-state index is 0.419. The molecular formula is C11H15FN2. The van der Waals surface area contributed by atoms with Crippen molar-refractivity contribution in [1.29, 1.82) is 0 Å². The molecule has 0 aliphatic heterocycles. The van der Waals surface area contributed by atoms with Crippen LogP contribution < -0.4 is 5.32 Å². The van der Waals surface area contributed by atoms with Crippen LogP contribution in [0.2, 0.25) is 0 Å². The second-order valence-corrected chi connectivity index (χ2v) is 3.91. The molecule has 2 nitrogen and oxygen atoms in total. The Bertz CT molecular complexity index is 314. The molecule has 1 N–H and O–H groups in total. The fourth-order valence-corrected chi connectivity index (χ4v) is 1.82. The third-order valence-electron chi connectivity index (χ3n) is 2.89. The first kappa shape index (κ1) is 9.44. The van der Waals surface area contributed by atoms with E-state index in [1.807, 2.05) is 0 Å². The Labute approximate surface area is 83.6 Å². The fourth-order valence-electron chi connectivity index (χ4n) is 1.82. The van der Waals surface area contributed by atoms with Gasteiger partial charge in [0.2, 0.25) is 5.95 Å². The van der Waals surface area contributed by atoms with Crippen LogP contribution in [0.5, 0.6) is 0 Å². The van der Waals surface area contributed by atoms with E-state index in [9.17, 15) is 4.39 Å². The molecule has 0 amide bonds. The third-order valence-corrected chi connectivity index (χ3v) is 2.89. The molecule has 1 aromatic rings. The van der Waals surface area contributed by atoms with Gasteiger partial charge in [-0.15, -0.1) is 0 Å². The highest BCUT2D eigenvalue weighted by Crippen LogP contribution is 2.40. The van der Waals surface area contributed by atoms with E-state index in [0.29, 0.717) is 0 Å². The number of nitrogens with zero attached hydrogens (tertiary/aromatic N) is 1. The van der Waals surface area contributed by atoms with E-state index in [0.717, 1.165) is 24.1 Å². The Morgan fingerprint density at radius 1 is 1.57 bits per heavy atom. The summed E-state index contributed by atoms with van der Waals surface area (Å²) in [6.07, 6.45) is 4.07. The van der Waals surface area contributed by atoms with Gasteiger partial charge in [0, 0.05) is 24.5 Å². The van der Waals surface area contributed by atoms with Crippen LogP contribution in [-0.2, 0) is 0 Å². The predicted octanol–water partition coefficient (Wildman–Crippen LogP) is 2.68. The molecule has 2 atom stereocenters. The Morgan fingerprint density at radius 2 is 2.43 bits per heavy atom. The van der Waals surface area contributed by atoms with Gasteiger partial charge in [0.1, 0.15) is 0 Å². The Kier molecular flexibility index (Phi) is 2.66. The van der Waals surface area contributed by atoms with Crippen molar-refractivity contribution < 1.29 is 4.39 Å². The fraction of sp³-hybridized carbons (Fsp3) is 0.545. The molecule has 76 valence electrons. The number of pyridine rings is 1. The van der Waals surface area contributed by atoms with Crippen LogP contribution in [0.25, 0.3) is 0 Å². The summed E-state index contributed by atoms with van der Waals surface area (Å²) < 4.78 is 12.7. The lowest BCUT2D eigenvalue weighted by molar-refractivity contribution is 0.584. The van der Waals surface area contributed by atoms with E-state index < -0.39 is 5.95 Å². The molecule has 2 unspecified atom stereocenters. The van der Waals surface area contributed by atoms with E-state index in [1.165, 1.54) is 25.1 Å². The zero-order valence-electron chi connectivity index (χ0n) is 8.33. The molecule has 1 fully saturated rings. The minimum atomic E-state index is -0.419. The van der Waals surface area contributed by atoms with Gasteiger partial charge in [0.05, 0.1) is 0 Å². The molecule has 14 heavy (non-hydrogen) atoms. The second-order valence-electron chi connectivity index (χ2n) is 3.91. The molecule has 1 aliphatic carbocycles. The molecule has 0 bridgehead atoms. The van der Waals surface area contributed by atoms with Gasteiger partial charge in [-0.2, -0.15) is 4.39 Å². The van der Waals surface area contributed by atoms with Crippen molar-refractivity contribution >= 4 is 5.69 Å². The highest BCUT2D eigenvalue weighted by Gasteiger charge is 2.34. The number of rotatable bonds is 4. The van der Waals surface area contributed by atoms with Crippen molar-refractivity contribution in [3.05, 3.63) is 24.3 Å². The van der Waals surface area contributed by atoms with Crippen LogP contribution in [0, 0.1) is 17.8 Å². The van der Waals surface area contributed by atoms with E-state index in [4.69, 9.17) is 0 Å². The average Bonchev–Trinajstić information content (AvgIpc) is 2.93. The van der Waals surface area contributed by atoms with Crippen molar-refractivity contribution in [2.45, 2.75) is 19.8 Å². The van der Waals surface area contributed by atoms with E-state index in [2.05, 4.69) is 17.2 Å². The molecule has 1 aliphatic rings. The number of aromatic nitrogens is 1. The minimum Gasteiger partial charge on any atom is -0.385 e. The largest absolute Gasteiger partial charge is 0.385 e. The van der Waals surface area contributed by atoms with Crippen molar-refractivity contribution in [3.8, 4) is 0 Å². The highest BCUT2D eigenvalue weighted by molar-refractivity contribution is 5.41. The first-order valence-corrected chi connectivity index (χ1v) is 5.15. The van der Waals surface area contributed by atoms with Crippen LogP contribution in [-0.4, -0.2) is 11.5 Å². The lowest BCUT2D eigenvalue weighted by Gasteiger charge is -2.04. The highest BCUT2D eigenvalue weighted by atomic mass is 19.1. The second kappa shape index (κ2) is 3.95. The maximum Gasteiger partial charge on any atom is 0.214 e. The molecule has 1 saturated carbocycles. The van der Waals surface area contributed by atoms with Crippen molar-refractivity contribution in [1.82, 2.24) is 4.98 Å². The van der Waals surface area contributed by atoms with Gasteiger partial charge < -0.3 is 5.32 Å². The molecular weight excluding hydrogens is 179 g/mol. The van der Waals surface area contributed by atoms with Crippen molar-refractivity contribution in [2.24, 2.45) is 11.8 Å². The third kappa shape index (κ3) is 2.22. The summed E-state index contributed by atoms with van der Waals surface area (Å²) in [5.74, 6) is 1.25. The van der Waals surface area contributed by atoms with Gasteiger partial charge in [-0.25, -0.2) is 4.98 Å². The molecule has 1 aromatic heterocycles. The molecule has 2 rings (SSSR count). The summed E-state index contributed by atoms with van der Waals surface area (Å²) in [7, 11) is 0. The van der Waals surface area contributed by atoms with Crippen LogP contribution >= 0.6 is 0 Å². The van der Waals surface area contributed by atoms with E-state index in [-0.39, 0.29) is 0 Å². The monoisotopic (exact) mass is 194 g/mol. The number of nitrogens with one attached hydrogen (secondary N) is 1. The standard InChI is InChI=1S/C11H15FN2/c1-2-8-5-9(8)7-14-10-3-4-13-11(12)6-10/h3-4,6,8-9H,2,5,7H2,1H3,(H,13,14).